The van der Waals surface area contributed by atoms with Crippen LogP contribution < -0.4 is 0 Å². The molecule has 0 radical (unpaired) electrons. The van der Waals surface area contributed by atoms with Gasteiger partial charge in [-0.25, -0.2) is 0 Å². The van der Waals surface area contributed by atoms with Gasteiger partial charge in [-0.1, -0.05) is 18.2 Å². The maximum atomic E-state index is 12.6. The number of hydrogen-bond donors (Lipinski definition) is 0. The quantitative estimate of drug-likeness (QED) is 0.720. The molecule has 1 heterocycles. The summed E-state index contributed by atoms with van der Waals surface area (Å²) in [5.41, 5.74) is 4.47. The van der Waals surface area contributed by atoms with Gasteiger partial charge >= 0.3 is 0 Å². The third-order valence-corrected chi connectivity index (χ3v) is 4.16. The first-order valence-corrected chi connectivity index (χ1v) is 6.82. The van der Waals surface area contributed by atoms with Gasteiger partial charge in [0.2, 0.25) is 0 Å². The van der Waals surface area contributed by atoms with Crippen LogP contribution in [0.3, 0.4) is 0 Å². The molecule has 3 heteroatoms. The van der Waals surface area contributed by atoms with E-state index in [9.17, 15) is 4.79 Å². The van der Waals surface area contributed by atoms with Crippen LogP contribution in [0.15, 0.2) is 30.0 Å². The number of likely N-dealkylation sites (N-methyl/N-ethyl adjacent to an activating group) is 1. The molecule has 0 amide bonds. The van der Waals surface area contributed by atoms with E-state index in [1.165, 1.54) is 11.1 Å². The molecule has 3 rings (SSSR count). The van der Waals surface area contributed by atoms with Crippen LogP contribution in [0.4, 0.5) is 0 Å². The maximum absolute atomic E-state index is 12.6. The number of carbonyl (C=O) groups is 1. The van der Waals surface area contributed by atoms with Crippen LogP contribution in [0.2, 0.25) is 0 Å². The number of nitrogens with zero attached hydrogens (tertiary/aromatic N) is 2. The van der Waals surface area contributed by atoms with Crippen molar-refractivity contribution >= 4 is 5.78 Å². The first-order valence-electron chi connectivity index (χ1n) is 6.82. The Morgan fingerprint density at radius 3 is 2.89 bits per heavy atom. The average Bonchev–Trinajstić information content (AvgIpc) is 2.38. The van der Waals surface area contributed by atoms with Crippen molar-refractivity contribution in [2.45, 2.75) is 18.9 Å². The number of Topliss-reactive ketones (excluding diaryl/α,β-unsaturated/α-hetero) is 1. The van der Waals surface area contributed by atoms with Gasteiger partial charge in [-0.05, 0) is 31.0 Å². The molecule has 0 aromatic heterocycles. The lowest BCUT2D eigenvalue weighted by Gasteiger charge is -2.39. The van der Waals surface area contributed by atoms with Crippen molar-refractivity contribution in [3.05, 3.63) is 46.7 Å². The summed E-state index contributed by atoms with van der Waals surface area (Å²) in [4.78, 5) is 16.9. The highest BCUT2D eigenvalue weighted by atomic mass is 16.1. The summed E-state index contributed by atoms with van der Waals surface area (Å²) in [5.74, 6) is 0.206. The molecule has 1 atom stereocenters. The fraction of sp³-hybridized carbons (Fsp3) is 0.438. The van der Waals surface area contributed by atoms with E-state index in [-0.39, 0.29) is 5.78 Å². The largest absolute Gasteiger partial charge is 0.383 e. The number of benzene rings is 1. The van der Waals surface area contributed by atoms with E-state index < -0.39 is 0 Å². The van der Waals surface area contributed by atoms with Gasteiger partial charge in [0.1, 0.15) is 0 Å². The highest BCUT2D eigenvalue weighted by molar-refractivity contribution is 6.11. The Labute approximate surface area is 114 Å². The van der Waals surface area contributed by atoms with E-state index >= 15 is 0 Å². The zero-order chi connectivity index (χ0) is 13.6. The van der Waals surface area contributed by atoms with Gasteiger partial charge in [0.05, 0.1) is 0 Å². The molecule has 1 aromatic rings. The summed E-state index contributed by atoms with van der Waals surface area (Å²) < 4.78 is 0. The minimum Gasteiger partial charge on any atom is -0.383 e. The van der Waals surface area contributed by atoms with Crippen LogP contribution in [0, 0.1) is 0 Å². The Hall–Kier alpha value is -1.61. The molecule has 1 aliphatic heterocycles. The van der Waals surface area contributed by atoms with Gasteiger partial charge < -0.3 is 4.90 Å². The van der Waals surface area contributed by atoms with Crippen LogP contribution in [0.1, 0.15) is 33.9 Å². The van der Waals surface area contributed by atoms with Gasteiger partial charge in [0, 0.05) is 44.0 Å². The van der Waals surface area contributed by atoms with Crippen molar-refractivity contribution in [3.8, 4) is 0 Å². The maximum Gasteiger partial charge on any atom is 0.190 e. The topological polar surface area (TPSA) is 23.6 Å². The van der Waals surface area contributed by atoms with E-state index in [1.807, 2.05) is 37.3 Å². The number of carbonyl (C=O) groups excluding carboxylic acids is 1. The van der Waals surface area contributed by atoms with Gasteiger partial charge in [-0.3, -0.25) is 9.69 Å². The van der Waals surface area contributed by atoms with E-state index in [2.05, 4.69) is 18.0 Å². The van der Waals surface area contributed by atoms with Crippen molar-refractivity contribution in [2.24, 2.45) is 0 Å². The van der Waals surface area contributed by atoms with Crippen LogP contribution >= 0.6 is 0 Å². The van der Waals surface area contributed by atoms with Gasteiger partial charge in [-0.15, -0.1) is 0 Å². The van der Waals surface area contributed by atoms with Gasteiger partial charge in [0.25, 0.3) is 0 Å². The standard InChI is InChI=1S/C16H20N2O/c1-17(2)10-12-9-14-15-11(7-8-18(14)3)5-4-6-13(15)16(12)19/h4-6,10,14H,7-9H2,1-3H3/b12-10+. The molecule has 0 fully saturated rings. The minimum absolute atomic E-state index is 0.206. The molecule has 100 valence electrons. The van der Waals surface area contributed by atoms with Crippen LogP contribution in [0.5, 0.6) is 0 Å². The van der Waals surface area contributed by atoms with Crippen molar-refractivity contribution in [1.29, 1.82) is 0 Å². The summed E-state index contributed by atoms with van der Waals surface area (Å²) in [5, 5.41) is 0. The fourth-order valence-corrected chi connectivity index (χ4v) is 3.25. The molecule has 0 spiro atoms. The second-order valence-electron chi connectivity index (χ2n) is 5.78. The van der Waals surface area contributed by atoms with Gasteiger partial charge in [0.15, 0.2) is 5.78 Å². The molecular formula is C16H20N2O. The summed E-state index contributed by atoms with van der Waals surface area (Å²) in [6, 6.07) is 6.54. The minimum atomic E-state index is 0.206. The lowest BCUT2D eigenvalue weighted by Crippen LogP contribution is -2.37. The molecule has 3 nitrogen and oxygen atoms in total. The molecule has 0 saturated carbocycles. The molecule has 1 unspecified atom stereocenters. The van der Waals surface area contributed by atoms with Crippen molar-refractivity contribution in [3.63, 3.8) is 0 Å². The van der Waals surface area contributed by atoms with E-state index in [1.54, 1.807) is 0 Å². The first kappa shape index (κ1) is 12.4. The monoisotopic (exact) mass is 256 g/mol. The Balaban J connectivity index is 2.15. The predicted molar refractivity (Wildman–Crippen MR) is 76.2 cm³/mol. The molecule has 0 saturated heterocycles. The molecule has 0 N–H and O–H groups in total. The third-order valence-electron chi connectivity index (χ3n) is 4.16. The van der Waals surface area contributed by atoms with Crippen molar-refractivity contribution in [2.75, 3.05) is 27.7 Å². The van der Waals surface area contributed by atoms with E-state index in [0.29, 0.717) is 6.04 Å². The Morgan fingerprint density at radius 2 is 2.16 bits per heavy atom. The summed E-state index contributed by atoms with van der Waals surface area (Å²) in [7, 11) is 6.10. The lowest BCUT2D eigenvalue weighted by atomic mass is 9.78. The zero-order valence-electron chi connectivity index (χ0n) is 11.8. The smallest absolute Gasteiger partial charge is 0.190 e. The molecule has 1 aromatic carbocycles. The van der Waals surface area contributed by atoms with Crippen LogP contribution in [0.25, 0.3) is 0 Å². The predicted octanol–water partition coefficient (Wildman–Crippen LogP) is 2.25. The Kier molecular flexibility index (Phi) is 2.94. The first-order chi connectivity index (χ1) is 9.08. The Bertz CT molecular complexity index is 560. The van der Waals surface area contributed by atoms with E-state index in [0.717, 1.165) is 30.5 Å². The van der Waals surface area contributed by atoms with E-state index in [4.69, 9.17) is 0 Å². The normalized spacial score (nSPS) is 24.5. The van der Waals surface area contributed by atoms with Crippen molar-refractivity contribution < 1.29 is 4.79 Å². The molecule has 0 bridgehead atoms. The SMILES string of the molecule is CN(C)/C=C1\CC2c3c(cccc3C1=O)CCN2C. The number of ketones is 1. The molecule has 1 aliphatic carbocycles. The number of hydrogen-bond acceptors (Lipinski definition) is 3. The summed E-state index contributed by atoms with van der Waals surface area (Å²) in [6.45, 7) is 1.07. The number of rotatable bonds is 1. The molecular weight excluding hydrogens is 236 g/mol. The summed E-state index contributed by atoms with van der Waals surface area (Å²) in [6.07, 6.45) is 3.86. The second kappa shape index (κ2) is 4.49. The average molecular weight is 256 g/mol. The van der Waals surface area contributed by atoms with Crippen LogP contribution in [-0.4, -0.2) is 43.3 Å². The molecule has 2 aliphatic rings. The lowest BCUT2D eigenvalue weighted by molar-refractivity contribution is 0.0997. The second-order valence-corrected chi connectivity index (χ2v) is 5.78. The fourth-order valence-electron chi connectivity index (χ4n) is 3.25. The summed E-state index contributed by atoms with van der Waals surface area (Å²) >= 11 is 0. The third kappa shape index (κ3) is 1.98. The van der Waals surface area contributed by atoms with Crippen molar-refractivity contribution in [1.82, 2.24) is 9.80 Å². The van der Waals surface area contributed by atoms with Crippen LogP contribution in [-0.2, 0) is 6.42 Å². The zero-order valence-corrected chi connectivity index (χ0v) is 11.8. The van der Waals surface area contributed by atoms with Gasteiger partial charge in [-0.2, -0.15) is 0 Å². The highest BCUT2D eigenvalue weighted by Crippen LogP contribution is 2.40. The Morgan fingerprint density at radius 1 is 1.37 bits per heavy atom. The highest BCUT2D eigenvalue weighted by Gasteiger charge is 2.35. The molecule has 19 heavy (non-hydrogen) atoms.